The van der Waals surface area contributed by atoms with Crippen LogP contribution in [0.1, 0.15) is 33.6 Å². The van der Waals surface area contributed by atoms with E-state index < -0.39 is 17.7 Å². The molecule has 2 N–H and O–H groups in total. The van der Waals surface area contributed by atoms with Crippen molar-refractivity contribution in [3.63, 3.8) is 0 Å². The van der Waals surface area contributed by atoms with Crippen molar-refractivity contribution in [3.05, 3.63) is 64.1 Å². The molecule has 1 aliphatic rings. The second-order valence-corrected chi connectivity index (χ2v) is 8.48. The zero-order chi connectivity index (χ0) is 23.4. The topological polar surface area (TPSA) is 96.4 Å². The summed E-state index contributed by atoms with van der Waals surface area (Å²) >= 11 is 1.18. The molecule has 172 valence electrons. The Morgan fingerprint density at radius 1 is 1.12 bits per heavy atom. The number of aromatic nitrogens is 2. The van der Waals surface area contributed by atoms with Crippen LogP contribution in [0.4, 0.5) is 25.0 Å². The predicted octanol–water partition coefficient (Wildman–Crippen LogP) is 4.49. The van der Waals surface area contributed by atoms with Crippen LogP contribution >= 0.6 is 11.3 Å². The van der Waals surface area contributed by atoms with Gasteiger partial charge in [-0.15, -0.1) is 10.2 Å². The van der Waals surface area contributed by atoms with Crippen LogP contribution in [-0.2, 0) is 0 Å². The number of benzene rings is 2. The molecule has 0 radical (unpaired) electrons. The maximum atomic E-state index is 13.9. The van der Waals surface area contributed by atoms with Gasteiger partial charge in [-0.05, 0) is 49.2 Å². The summed E-state index contributed by atoms with van der Waals surface area (Å²) in [7, 11) is 1.56. The molecule has 2 heterocycles. The van der Waals surface area contributed by atoms with E-state index in [0.717, 1.165) is 18.9 Å². The molecule has 11 heteroatoms. The molecule has 0 unspecified atom stereocenters. The molecule has 0 aliphatic carbocycles. The molecule has 1 saturated heterocycles. The number of anilines is 2. The largest absolute Gasteiger partial charge is 0.497 e. The molecule has 3 aromatic rings. The molecular formula is C22H21F2N5O3S. The highest BCUT2D eigenvalue weighted by Gasteiger charge is 2.28. The van der Waals surface area contributed by atoms with Crippen LogP contribution in [0.15, 0.2) is 42.5 Å². The zero-order valence-corrected chi connectivity index (χ0v) is 18.5. The second kappa shape index (κ2) is 9.90. The van der Waals surface area contributed by atoms with Gasteiger partial charge in [0.1, 0.15) is 22.4 Å². The van der Waals surface area contributed by atoms with Crippen LogP contribution in [0.5, 0.6) is 5.75 Å². The number of rotatable bonds is 5. The summed E-state index contributed by atoms with van der Waals surface area (Å²) in [5, 5.41) is 14.3. The highest BCUT2D eigenvalue weighted by atomic mass is 32.1. The van der Waals surface area contributed by atoms with Crippen LogP contribution in [-0.4, -0.2) is 47.2 Å². The normalized spacial score (nSPS) is 15.7. The number of piperidine rings is 1. The Kier molecular flexibility index (Phi) is 6.78. The van der Waals surface area contributed by atoms with Gasteiger partial charge in [0.25, 0.3) is 5.91 Å². The van der Waals surface area contributed by atoms with Crippen LogP contribution in [0, 0.1) is 11.6 Å². The molecule has 1 aromatic heterocycles. The summed E-state index contributed by atoms with van der Waals surface area (Å²) in [6.07, 6.45) is 1.50. The molecule has 8 nitrogen and oxygen atoms in total. The number of ether oxygens (including phenoxy) is 1. The van der Waals surface area contributed by atoms with Crippen molar-refractivity contribution < 1.29 is 23.1 Å². The second-order valence-electron chi connectivity index (χ2n) is 7.47. The van der Waals surface area contributed by atoms with E-state index in [-0.39, 0.29) is 22.5 Å². The number of amides is 3. The molecule has 4 rings (SSSR count). The third-order valence-electron chi connectivity index (χ3n) is 5.21. The lowest BCUT2D eigenvalue weighted by Gasteiger charge is -2.31. The minimum Gasteiger partial charge on any atom is -0.497 e. The summed E-state index contributed by atoms with van der Waals surface area (Å²) in [6, 6.07) is 9.42. The van der Waals surface area contributed by atoms with Gasteiger partial charge in [0.15, 0.2) is 0 Å². The molecule has 33 heavy (non-hydrogen) atoms. The van der Waals surface area contributed by atoms with Gasteiger partial charge in [0, 0.05) is 30.8 Å². The lowest BCUT2D eigenvalue weighted by molar-refractivity contribution is 0.102. The maximum Gasteiger partial charge on any atom is 0.321 e. The van der Waals surface area contributed by atoms with Crippen LogP contribution < -0.4 is 15.4 Å². The first-order chi connectivity index (χ1) is 15.9. The van der Waals surface area contributed by atoms with E-state index in [1.807, 2.05) is 0 Å². The molecule has 0 bridgehead atoms. The Morgan fingerprint density at radius 2 is 1.91 bits per heavy atom. The SMILES string of the molecule is COc1ccc(NC(=O)c2nnc([C@@H]3CCCN(C(=O)Nc4ccc(F)cc4F)C3)s2)cc1. The fourth-order valence-electron chi connectivity index (χ4n) is 3.50. The summed E-state index contributed by atoms with van der Waals surface area (Å²) in [5.74, 6) is -1.34. The number of carbonyl (C=O) groups is 2. The standard InChI is InChI=1S/C22H21F2N5O3S/c1-32-16-7-5-15(6-8-16)25-19(30)21-28-27-20(33-21)13-3-2-10-29(12-13)22(31)26-18-9-4-14(23)11-17(18)24/h4-9,11,13H,2-3,10,12H2,1H3,(H,25,30)(H,26,31)/t13-/m1/s1. The average molecular weight is 474 g/mol. The monoisotopic (exact) mass is 473 g/mol. The lowest BCUT2D eigenvalue weighted by Crippen LogP contribution is -2.41. The Balaban J connectivity index is 1.38. The molecule has 1 atom stereocenters. The van der Waals surface area contributed by atoms with E-state index in [9.17, 15) is 18.4 Å². The van der Waals surface area contributed by atoms with Crippen LogP contribution in [0.25, 0.3) is 0 Å². The number of hydrogen-bond donors (Lipinski definition) is 2. The number of nitrogens with zero attached hydrogens (tertiary/aromatic N) is 3. The summed E-state index contributed by atoms with van der Waals surface area (Å²) in [4.78, 5) is 26.7. The molecule has 2 aromatic carbocycles. The maximum absolute atomic E-state index is 13.9. The lowest BCUT2D eigenvalue weighted by atomic mass is 9.99. The van der Waals surface area contributed by atoms with Crippen molar-refractivity contribution in [1.29, 1.82) is 0 Å². The summed E-state index contributed by atoms with van der Waals surface area (Å²) < 4.78 is 32.0. The predicted molar refractivity (Wildman–Crippen MR) is 120 cm³/mol. The van der Waals surface area contributed by atoms with E-state index in [4.69, 9.17) is 4.74 Å². The highest BCUT2D eigenvalue weighted by Crippen LogP contribution is 2.30. The quantitative estimate of drug-likeness (QED) is 0.569. The van der Waals surface area contributed by atoms with Crippen LogP contribution in [0.3, 0.4) is 0 Å². The smallest absolute Gasteiger partial charge is 0.321 e. The number of methoxy groups -OCH3 is 1. The van der Waals surface area contributed by atoms with E-state index in [2.05, 4.69) is 20.8 Å². The van der Waals surface area contributed by atoms with Gasteiger partial charge in [-0.25, -0.2) is 13.6 Å². The first kappa shape index (κ1) is 22.6. The van der Waals surface area contributed by atoms with Gasteiger partial charge in [0.05, 0.1) is 12.8 Å². The Bertz CT molecular complexity index is 1160. The van der Waals surface area contributed by atoms with Crippen molar-refractivity contribution in [2.45, 2.75) is 18.8 Å². The molecule has 1 fully saturated rings. The molecular weight excluding hydrogens is 452 g/mol. The van der Waals surface area contributed by atoms with Gasteiger partial charge < -0.3 is 20.3 Å². The van der Waals surface area contributed by atoms with Gasteiger partial charge in [-0.3, -0.25) is 4.79 Å². The number of nitrogens with one attached hydrogen (secondary N) is 2. The number of hydrogen-bond acceptors (Lipinski definition) is 6. The fourth-order valence-corrected chi connectivity index (χ4v) is 4.36. The van der Waals surface area contributed by atoms with Gasteiger partial charge in [-0.1, -0.05) is 11.3 Å². The molecule has 1 aliphatic heterocycles. The van der Waals surface area contributed by atoms with E-state index in [0.29, 0.717) is 35.6 Å². The summed E-state index contributed by atoms with van der Waals surface area (Å²) in [5.41, 5.74) is 0.517. The van der Waals surface area contributed by atoms with E-state index in [1.165, 1.54) is 17.4 Å². The highest BCUT2D eigenvalue weighted by molar-refractivity contribution is 7.13. The number of likely N-dealkylation sites (tertiary alicyclic amines) is 1. The molecule has 0 spiro atoms. The third-order valence-corrected chi connectivity index (χ3v) is 6.30. The third kappa shape index (κ3) is 5.43. The minimum atomic E-state index is -0.839. The van der Waals surface area contributed by atoms with E-state index >= 15 is 0 Å². The van der Waals surface area contributed by atoms with Crippen molar-refractivity contribution in [1.82, 2.24) is 15.1 Å². The Morgan fingerprint density at radius 3 is 2.64 bits per heavy atom. The van der Waals surface area contributed by atoms with Crippen molar-refractivity contribution in [2.75, 3.05) is 30.8 Å². The van der Waals surface area contributed by atoms with Crippen molar-refractivity contribution in [2.24, 2.45) is 0 Å². The van der Waals surface area contributed by atoms with E-state index in [1.54, 1.807) is 36.3 Å². The van der Waals surface area contributed by atoms with Gasteiger partial charge in [0.2, 0.25) is 5.01 Å². The average Bonchev–Trinajstić information content (AvgIpc) is 3.32. The Hall–Kier alpha value is -3.60. The van der Waals surface area contributed by atoms with Crippen molar-refractivity contribution in [3.8, 4) is 5.75 Å². The van der Waals surface area contributed by atoms with Crippen molar-refractivity contribution >= 4 is 34.6 Å². The van der Waals surface area contributed by atoms with Gasteiger partial charge >= 0.3 is 6.03 Å². The fraction of sp³-hybridized carbons (Fsp3) is 0.273. The first-order valence-electron chi connectivity index (χ1n) is 10.2. The number of carbonyl (C=O) groups excluding carboxylic acids is 2. The first-order valence-corrected chi connectivity index (χ1v) is 11.0. The molecule has 3 amide bonds. The summed E-state index contributed by atoms with van der Waals surface area (Å²) in [6.45, 7) is 0.845. The van der Waals surface area contributed by atoms with Crippen LogP contribution in [0.2, 0.25) is 0 Å². The minimum absolute atomic E-state index is 0.0862. The Labute approximate surface area is 192 Å². The zero-order valence-electron chi connectivity index (χ0n) is 17.7. The molecule has 0 saturated carbocycles. The number of urea groups is 1. The number of halogens is 2. The van der Waals surface area contributed by atoms with Gasteiger partial charge in [-0.2, -0.15) is 0 Å².